The molecule has 8 heteroatoms. The number of hydrogen-bond acceptors (Lipinski definition) is 5. The van der Waals surface area contributed by atoms with Gasteiger partial charge < -0.3 is 4.74 Å². The average Bonchev–Trinajstić information content (AvgIpc) is 2.20. The summed E-state index contributed by atoms with van der Waals surface area (Å²) < 4.78 is 29.2. The summed E-state index contributed by atoms with van der Waals surface area (Å²) in [6.07, 6.45) is 2.66. The Morgan fingerprint density at radius 3 is 2.88 bits per heavy atom. The molecule has 0 aliphatic heterocycles. The third-order valence-corrected chi connectivity index (χ3v) is 3.05. The van der Waals surface area contributed by atoms with Crippen LogP contribution in [0.3, 0.4) is 0 Å². The quantitative estimate of drug-likeness (QED) is 0.807. The van der Waals surface area contributed by atoms with Gasteiger partial charge in [0.15, 0.2) is 5.75 Å². The smallest absolute Gasteiger partial charge is 0.322 e. The van der Waals surface area contributed by atoms with Crippen LogP contribution in [0.2, 0.25) is 5.02 Å². The number of sulfonamides is 1. The number of carbonyl (C=O) groups excluding carboxylic acids is 1. The number of esters is 1. The van der Waals surface area contributed by atoms with E-state index in [0.29, 0.717) is 0 Å². The summed E-state index contributed by atoms with van der Waals surface area (Å²) in [6.45, 7) is 0. The molecule has 0 fully saturated rings. The molecule has 0 aliphatic carbocycles. The molecule has 1 rings (SSSR count). The zero-order valence-electron chi connectivity index (χ0n) is 8.31. The van der Waals surface area contributed by atoms with Crippen LogP contribution in [0.25, 0.3) is 0 Å². The van der Waals surface area contributed by atoms with Gasteiger partial charge in [-0.05, 0) is 6.07 Å². The number of ether oxygens (including phenoxy) is 1. The highest BCUT2D eigenvalue weighted by molar-refractivity contribution is 7.93. The SMILES string of the molecule is COC(=O)CS(=O)(=O)Nc1cnccc1Cl. The molecule has 0 saturated heterocycles. The summed E-state index contributed by atoms with van der Waals surface area (Å²) in [5, 5.41) is 0.198. The second-order valence-corrected chi connectivity index (χ2v) is 4.92. The topological polar surface area (TPSA) is 85.4 Å². The van der Waals surface area contributed by atoms with E-state index < -0.39 is 21.7 Å². The number of methoxy groups -OCH3 is 1. The Bertz CT molecular complexity index is 489. The van der Waals surface area contributed by atoms with E-state index in [1.807, 2.05) is 0 Å². The van der Waals surface area contributed by atoms with E-state index in [9.17, 15) is 13.2 Å². The molecule has 0 atom stereocenters. The van der Waals surface area contributed by atoms with Gasteiger partial charge in [0.05, 0.1) is 24.0 Å². The maximum atomic E-state index is 11.4. The van der Waals surface area contributed by atoms with Gasteiger partial charge in [0.2, 0.25) is 10.0 Å². The fraction of sp³-hybridized carbons (Fsp3) is 0.250. The molecular weight excluding hydrogens is 256 g/mol. The van der Waals surface area contributed by atoms with E-state index in [1.54, 1.807) is 0 Å². The summed E-state index contributed by atoms with van der Waals surface area (Å²) >= 11 is 5.72. The van der Waals surface area contributed by atoms with Crippen LogP contribution >= 0.6 is 11.6 Å². The van der Waals surface area contributed by atoms with Gasteiger partial charge in [0.1, 0.15) is 0 Å². The number of nitrogens with one attached hydrogen (secondary N) is 1. The molecule has 0 aliphatic rings. The van der Waals surface area contributed by atoms with E-state index in [-0.39, 0.29) is 10.7 Å². The summed E-state index contributed by atoms with van der Waals surface area (Å²) in [6, 6.07) is 1.43. The minimum Gasteiger partial charge on any atom is -0.468 e. The Hall–Kier alpha value is -1.34. The Morgan fingerprint density at radius 2 is 2.31 bits per heavy atom. The van der Waals surface area contributed by atoms with Gasteiger partial charge in [-0.1, -0.05) is 11.6 Å². The lowest BCUT2D eigenvalue weighted by Crippen LogP contribution is -2.23. The molecule has 0 amide bonds. The molecule has 0 saturated carbocycles. The van der Waals surface area contributed by atoms with Gasteiger partial charge in [0.25, 0.3) is 0 Å². The molecule has 0 bridgehead atoms. The lowest BCUT2D eigenvalue weighted by molar-refractivity contribution is -0.137. The molecular formula is C8H9ClN2O4S. The van der Waals surface area contributed by atoms with Gasteiger partial charge in [0, 0.05) is 6.20 Å². The zero-order chi connectivity index (χ0) is 12.2. The van der Waals surface area contributed by atoms with Crippen molar-refractivity contribution in [3.05, 3.63) is 23.5 Å². The highest BCUT2D eigenvalue weighted by atomic mass is 35.5. The fourth-order valence-corrected chi connectivity index (χ4v) is 2.08. The Labute approximate surface area is 97.6 Å². The van der Waals surface area contributed by atoms with Crippen molar-refractivity contribution in [1.29, 1.82) is 0 Å². The van der Waals surface area contributed by atoms with E-state index in [4.69, 9.17) is 11.6 Å². The van der Waals surface area contributed by atoms with Crippen molar-refractivity contribution in [3.8, 4) is 0 Å². The van der Waals surface area contributed by atoms with E-state index >= 15 is 0 Å². The van der Waals surface area contributed by atoms with Crippen molar-refractivity contribution in [2.24, 2.45) is 0 Å². The number of hydrogen-bond donors (Lipinski definition) is 1. The molecule has 0 aromatic carbocycles. The third-order valence-electron chi connectivity index (χ3n) is 1.57. The van der Waals surface area contributed by atoms with Crippen LogP contribution in [0.15, 0.2) is 18.5 Å². The second kappa shape index (κ2) is 5.13. The molecule has 0 radical (unpaired) electrons. The van der Waals surface area contributed by atoms with E-state index in [2.05, 4.69) is 14.4 Å². The molecule has 0 spiro atoms. The normalized spacial score (nSPS) is 10.9. The van der Waals surface area contributed by atoms with Crippen LogP contribution in [0, 0.1) is 0 Å². The van der Waals surface area contributed by atoms with E-state index in [0.717, 1.165) is 7.11 Å². The van der Waals surface area contributed by atoms with Crippen molar-refractivity contribution in [2.45, 2.75) is 0 Å². The van der Waals surface area contributed by atoms with Crippen LogP contribution < -0.4 is 4.72 Å². The Balaban J connectivity index is 2.81. The lowest BCUT2D eigenvalue weighted by Gasteiger charge is -2.07. The summed E-state index contributed by atoms with van der Waals surface area (Å²) in [5.74, 6) is -1.62. The number of carbonyl (C=O) groups is 1. The second-order valence-electron chi connectivity index (χ2n) is 2.79. The number of nitrogens with zero attached hydrogens (tertiary/aromatic N) is 1. The minimum atomic E-state index is -3.82. The monoisotopic (exact) mass is 264 g/mol. The largest absolute Gasteiger partial charge is 0.468 e. The highest BCUT2D eigenvalue weighted by Gasteiger charge is 2.17. The molecule has 1 aromatic rings. The van der Waals surface area contributed by atoms with Gasteiger partial charge in [-0.15, -0.1) is 0 Å². The standard InChI is InChI=1S/C8H9ClN2O4S/c1-15-8(12)5-16(13,14)11-7-4-10-3-2-6(7)9/h2-4,11H,5H2,1H3. The average molecular weight is 265 g/mol. The van der Waals surface area contributed by atoms with Crippen molar-refractivity contribution < 1.29 is 17.9 Å². The van der Waals surface area contributed by atoms with Gasteiger partial charge in [-0.3, -0.25) is 14.5 Å². The first-order valence-corrected chi connectivity index (χ1v) is 6.14. The molecule has 0 unspecified atom stereocenters. The van der Waals surface area contributed by atoms with Gasteiger partial charge in [-0.2, -0.15) is 0 Å². The lowest BCUT2D eigenvalue weighted by atomic mass is 10.4. The van der Waals surface area contributed by atoms with Crippen LogP contribution in [0.5, 0.6) is 0 Å². The summed E-state index contributed by atoms with van der Waals surface area (Å²) in [4.78, 5) is 14.5. The maximum absolute atomic E-state index is 11.4. The molecule has 88 valence electrons. The number of aromatic nitrogens is 1. The highest BCUT2D eigenvalue weighted by Crippen LogP contribution is 2.20. The first-order chi connectivity index (χ1) is 7.44. The molecule has 6 nitrogen and oxygen atoms in total. The number of halogens is 1. The van der Waals surface area contributed by atoms with E-state index in [1.165, 1.54) is 18.5 Å². The molecule has 1 heterocycles. The van der Waals surface area contributed by atoms with Crippen molar-refractivity contribution in [3.63, 3.8) is 0 Å². The Kier molecular flexibility index (Phi) is 4.08. The van der Waals surface area contributed by atoms with Crippen LogP contribution in [0.1, 0.15) is 0 Å². The first-order valence-electron chi connectivity index (χ1n) is 4.11. The first kappa shape index (κ1) is 12.7. The van der Waals surface area contributed by atoms with Crippen LogP contribution in [0.4, 0.5) is 5.69 Å². The number of pyridine rings is 1. The van der Waals surface area contributed by atoms with Crippen molar-refractivity contribution in [2.75, 3.05) is 17.6 Å². The van der Waals surface area contributed by atoms with Crippen molar-refractivity contribution >= 4 is 33.3 Å². The minimum absolute atomic E-state index is 0.119. The van der Waals surface area contributed by atoms with Crippen molar-refractivity contribution in [1.82, 2.24) is 4.98 Å². The molecule has 1 N–H and O–H groups in total. The predicted molar refractivity (Wildman–Crippen MR) is 58.7 cm³/mol. The Morgan fingerprint density at radius 1 is 1.62 bits per heavy atom. The van der Waals surface area contributed by atoms with Gasteiger partial charge in [-0.25, -0.2) is 8.42 Å². The summed E-state index contributed by atoms with van der Waals surface area (Å²) in [5.41, 5.74) is 0.119. The predicted octanol–water partition coefficient (Wildman–Crippen LogP) is 0.650. The third kappa shape index (κ3) is 3.67. The van der Waals surface area contributed by atoms with Gasteiger partial charge >= 0.3 is 5.97 Å². The zero-order valence-corrected chi connectivity index (χ0v) is 9.88. The number of anilines is 1. The molecule has 16 heavy (non-hydrogen) atoms. The van der Waals surface area contributed by atoms with Crippen LogP contribution in [-0.4, -0.2) is 32.2 Å². The summed E-state index contributed by atoms with van der Waals surface area (Å²) in [7, 11) is -2.71. The van der Waals surface area contributed by atoms with Crippen LogP contribution in [-0.2, 0) is 19.6 Å². The molecule has 1 aromatic heterocycles. The maximum Gasteiger partial charge on any atom is 0.322 e. The fourth-order valence-electron chi connectivity index (χ4n) is 0.870. The number of rotatable bonds is 4.